The number of aryl methyl sites for hydroxylation is 1. The number of anilines is 1. The first-order valence-corrected chi connectivity index (χ1v) is 10.6. The maximum Gasteiger partial charge on any atom is 0.258 e. The number of carbonyl (C=O) groups is 1. The number of hydrogen-bond donors (Lipinski definition) is 2. The van der Waals surface area contributed by atoms with Crippen LogP contribution in [0.5, 0.6) is 17.2 Å². The van der Waals surface area contributed by atoms with Crippen LogP contribution >= 0.6 is 0 Å². The van der Waals surface area contributed by atoms with E-state index in [0.29, 0.717) is 35.3 Å². The molecule has 2 aliphatic rings. The molecule has 4 rings (SSSR count). The van der Waals surface area contributed by atoms with Gasteiger partial charge >= 0.3 is 0 Å². The molecular weight excluding hydrogens is 412 g/mol. The van der Waals surface area contributed by atoms with Crippen LogP contribution in [0.2, 0.25) is 0 Å². The second-order valence-electron chi connectivity index (χ2n) is 7.54. The molecule has 0 atom stereocenters. The SMILES string of the molecule is COc1ccc(C)cc1NC(=NCCN1CCOCC1)NC(=O)c1ccc2c(c1)OCO2. The number of nitrogens with one attached hydrogen (secondary N) is 2. The summed E-state index contributed by atoms with van der Waals surface area (Å²) < 4.78 is 21.6. The monoisotopic (exact) mass is 440 g/mol. The third-order valence-electron chi connectivity index (χ3n) is 5.26. The number of ether oxygens (including phenoxy) is 4. The highest BCUT2D eigenvalue weighted by Crippen LogP contribution is 2.32. The average molecular weight is 441 g/mol. The van der Waals surface area contributed by atoms with E-state index in [1.165, 1.54) is 0 Å². The molecule has 1 amide bonds. The van der Waals surface area contributed by atoms with E-state index < -0.39 is 0 Å². The molecule has 9 nitrogen and oxygen atoms in total. The Kier molecular flexibility index (Phi) is 7.08. The number of amides is 1. The highest BCUT2D eigenvalue weighted by molar-refractivity contribution is 6.10. The number of nitrogens with zero attached hydrogens (tertiary/aromatic N) is 2. The zero-order valence-electron chi connectivity index (χ0n) is 18.3. The van der Waals surface area contributed by atoms with E-state index in [0.717, 1.165) is 44.1 Å². The van der Waals surface area contributed by atoms with Crippen molar-refractivity contribution in [2.45, 2.75) is 6.92 Å². The summed E-state index contributed by atoms with van der Waals surface area (Å²) in [6.45, 7) is 6.68. The molecule has 0 radical (unpaired) electrons. The molecule has 2 aliphatic heterocycles. The molecule has 2 N–H and O–H groups in total. The van der Waals surface area contributed by atoms with E-state index in [-0.39, 0.29) is 12.7 Å². The van der Waals surface area contributed by atoms with Gasteiger partial charge in [0.1, 0.15) is 5.75 Å². The minimum absolute atomic E-state index is 0.156. The average Bonchev–Trinajstić information content (AvgIpc) is 3.28. The van der Waals surface area contributed by atoms with E-state index >= 15 is 0 Å². The highest BCUT2D eigenvalue weighted by atomic mass is 16.7. The summed E-state index contributed by atoms with van der Waals surface area (Å²) in [5.74, 6) is 1.89. The molecule has 2 heterocycles. The number of aliphatic imine (C=N–C) groups is 1. The molecule has 9 heteroatoms. The Balaban J connectivity index is 1.50. The molecule has 2 aromatic carbocycles. The first-order chi connectivity index (χ1) is 15.6. The van der Waals surface area contributed by atoms with Gasteiger partial charge in [0.15, 0.2) is 11.5 Å². The van der Waals surface area contributed by atoms with Gasteiger partial charge in [0.2, 0.25) is 12.8 Å². The fourth-order valence-corrected chi connectivity index (χ4v) is 3.50. The maximum atomic E-state index is 12.9. The van der Waals surface area contributed by atoms with Gasteiger partial charge in [-0.05, 0) is 42.8 Å². The lowest BCUT2D eigenvalue weighted by Gasteiger charge is -2.25. The van der Waals surface area contributed by atoms with Gasteiger partial charge in [0.25, 0.3) is 5.91 Å². The number of rotatable bonds is 6. The van der Waals surface area contributed by atoms with Gasteiger partial charge in [-0.25, -0.2) is 0 Å². The Bertz CT molecular complexity index is 988. The van der Waals surface area contributed by atoms with Crippen molar-refractivity contribution in [1.82, 2.24) is 10.2 Å². The number of hydrogen-bond acceptors (Lipinski definition) is 7. The smallest absolute Gasteiger partial charge is 0.258 e. The number of methoxy groups -OCH3 is 1. The van der Waals surface area contributed by atoms with Crippen molar-refractivity contribution >= 4 is 17.6 Å². The molecule has 32 heavy (non-hydrogen) atoms. The third-order valence-corrected chi connectivity index (χ3v) is 5.26. The lowest BCUT2D eigenvalue weighted by atomic mass is 10.2. The van der Waals surface area contributed by atoms with Gasteiger partial charge in [0.05, 0.1) is 32.6 Å². The lowest BCUT2D eigenvalue weighted by molar-refractivity contribution is 0.0394. The van der Waals surface area contributed by atoms with Crippen LogP contribution in [0.25, 0.3) is 0 Å². The van der Waals surface area contributed by atoms with Crippen molar-refractivity contribution in [3.8, 4) is 17.2 Å². The first kappa shape index (κ1) is 21.9. The van der Waals surface area contributed by atoms with E-state index in [2.05, 4.69) is 20.5 Å². The zero-order valence-corrected chi connectivity index (χ0v) is 18.3. The number of guanidine groups is 1. The minimum atomic E-state index is -0.299. The first-order valence-electron chi connectivity index (χ1n) is 10.6. The second kappa shape index (κ2) is 10.3. The van der Waals surface area contributed by atoms with Crippen LogP contribution in [-0.4, -0.2) is 70.1 Å². The van der Waals surface area contributed by atoms with Crippen LogP contribution in [0.1, 0.15) is 15.9 Å². The predicted molar refractivity (Wildman–Crippen MR) is 121 cm³/mol. The molecule has 1 saturated heterocycles. The van der Waals surface area contributed by atoms with Crippen molar-refractivity contribution in [1.29, 1.82) is 0 Å². The van der Waals surface area contributed by atoms with Gasteiger partial charge in [0, 0.05) is 25.2 Å². The topological polar surface area (TPSA) is 93.7 Å². The quantitative estimate of drug-likeness (QED) is 0.526. The Morgan fingerprint density at radius 2 is 1.94 bits per heavy atom. The summed E-state index contributed by atoms with van der Waals surface area (Å²) in [7, 11) is 1.61. The van der Waals surface area contributed by atoms with Crippen LogP contribution in [0.15, 0.2) is 41.4 Å². The fourth-order valence-electron chi connectivity index (χ4n) is 3.50. The summed E-state index contributed by atoms with van der Waals surface area (Å²) in [6, 6.07) is 10.9. The van der Waals surface area contributed by atoms with Crippen LogP contribution in [0, 0.1) is 6.92 Å². The minimum Gasteiger partial charge on any atom is -0.495 e. The predicted octanol–water partition coefficient (Wildman–Crippen LogP) is 2.26. The molecule has 0 aliphatic carbocycles. The van der Waals surface area contributed by atoms with Crippen molar-refractivity contribution in [3.05, 3.63) is 47.5 Å². The second-order valence-corrected chi connectivity index (χ2v) is 7.54. The van der Waals surface area contributed by atoms with Crippen molar-refractivity contribution in [3.63, 3.8) is 0 Å². The fraction of sp³-hybridized carbons (Fsp3) is 0.391. The summed E-state index contributed by atoms with van der Waals surface area (Å²) in [5.41, 5.74) is 2.24. The summed E-state index contributed by atoms with van der Waals surface area (Å²) in [4.78, 5) is 19.9. The zero-order chi connectivity index (χ0) is 22.3. The largest absolute Gasteiger partial charge is 0.495 e. The van der Waals surface area contributed by atoms with E-state index in [4.69, 9.17) is 18.9 Å². The summed E-state index contributed by atoms with van der Waals surface area (Å²) >= 11 is 0. The number of benzene rings is 2. The molecule has 2 aromatic rings. The standard InChI is InChI=1S/C23H28N4O5/c1-16-3-5-19(29-2)18(13-16)25-23(24-7-8-27-9-11-30-12-10-27)26-22(28)17-4-6-20-21(14-17)32-15-31-20/h3-6,13-14H,7-12,15H2,1-2H3,(H2,24,25,26,28). The van der Waals surface area contributed by atoms with Crippen LogP contribution < -0.4 is 24.8 Å². The van der Waals surface area contributed by atoms with Gasteiger partial charge in [-0.15, -0.1) is 0 Å². The van der Waals surface area contributed by atoms with Crippen molar-refractivity contribution in [2.24, 2.45) is 4.99 Å². The normalized spacial score (nSPS) is 16.0. The molecule has 1 fully saturated rings. The molecule has 0 saturated carbocycles. The van der Waals surface area contributed by atoms with E-state index in [1.807, 2.05) is 25.1 Å². The molecule has 0 bridgehead atoms. The lowest BCUT2D eigenvalue weighted by Crippen LogP contribution is -2.39. The summed E-state index contributed by atoms with van der Waals surface area (Å²) in [6.07, 6.45) is 0. The molecule has 170 valence electrons. The van der Waals surface area contributed by atoms with Crippen LogP contribution in [0.4, 0.5) is 5.69 Å². The van der Waals surface area contributed by atoms with Crippen LogP contribution in [-0.2, 0) is 4.74 Å². The van der Waals surface area contributed by atoms with Gasteiger partial charge in [-0.2, -0.15) is 0 Å². The third kappa shape index (κ3) is 5.49. The van der Waals surface area contributed by atoms with Gasteiger partial charge < -0.3 is 24.3 Å². The molecule has 0 unspecified atom stereocenters. The summed E-state index contributed by atoms with van der Waals surface area (Å²) in [5, 5.41) is 6.11. The molecular formula is C23H28N4O5. The number of carbonyl (C=O) groups excluding carboxylic acids is 1. The Morgan fingerprint density at radius 1 is 1.12 bits per heavy atom. The highest BCUT2D eigenvalue weighted by Gasteiger charge is 2.18. The molecule has 0 spiro atoms. The van der Waals surface area contributed by atoms with Gasteiger partial charge in [-0.1, -0.05) is 6.07 Å². The maximum absolute atomic E-state index is 12.9. The van der Waals surface area contributed by atoms with Crippen molar-refractivity contribution in [2.75, 3.05) is 58.6 Å². The Hall–Kier alpha value is -3.30. The Morgan fingerprint density at radius 3 is 2.75 bits per heavy atom. The number of morpholine rings is 1. The van der Waals surface area contributed by atoms with Gasteiger partial charge in [-0.3, -0.25) is 20.0 Å². The molecule has 0 aromatic heterocycles. The van der Waals surface area contributed by atoms with Crippen molar-refractivity contribution < 1.29 is 23.7 Å². The van der Waals surface area contributed by atoms with E-state index in [9.17, 15) is 4.79 Å². The number of fused-ring (bicyclic) bond motifs is 1. The Labute approximate surface area is 187 Å². The van der Waals surface area contributed by atoms with E-state index in [1.54, 1.807) is 25.3 Å². The van der Waals surface area contributed by atoms with Crippen LogP contribution in [0.3, 0.4) is 0 Å².